The van der Waals surface area contributed by atoms with Gasteiger partial charge in [0.2, 0.25) is 0 Å². The van der Waals surface area contributed by atoms with Crippen molar-refractivity contribution >= 4 is 17.9 Å². The van der Waals surface area contributed by atoms with Gasteiger partial charge in [-0.2, -0.15) is 0 Å². The summed E-state index contributed by atoms with van der Waals surface area (Å²) >= 11 is 0. The summed E-state index contributed by atoms with van der Waals surface area (Å²) in [4.78, 5) is 28.9. The first-order valence-corrected chi connectivity index (χ1v) is 9.43. The van der Waals surface area contributed by atoms with Crippen LogP contribution in [-0.2, 0) is 4.79 Å². The molecule has 1 unspecified atom stereocenters. The van der Waals surface area contributed by atoms with Gasteiger partial charge in [-0.15, -0.1) is 0 Å². The Morgan fingerprint density at radius 3 is 2.41 bits per heavy atom. The summed E-state index contributed by atoms with van der Waals surface area (Å²) in [5.74, 6) is 0.959. The summed E-state index contributed by atoms with van der Waals surface area (Å²) in [5, 5.41) is 4.05. The largest absolute Gasteiger partial charge is 0.496 e. The first-order chi connectivity index (χ1) is 14.1. The summed E-state index contributed by atoms with van der Waals surface area (Å²) < 4.78 is 16.1. The number of carbonyl (C=O) groups is 2. The van der Waals surface area contributed by atoms with Crippen LogP contribution in [0.15, 0.2) is 41.4 Å². The van der Waals surface area contributed by atoms with Crippen molar-refractivity contribution in [3.8, 4) is 17.2 Å². The van der Waals surface area contributed by atoms with Crippen LogP contribution in [0.1, 0.15) is 23.7 Å². The third-order valence-electron chi connectivity index (χ3n) is 4.66. The van der Waals surface area contributed by atoms with Crippen LogP contribution in [0.5, 0.6) is 17.2 Å². The highest BCUT2D eigenvalue weighted by Gasteiger charge is 2.21. The number of rotatable bonds is 8. The van der Waals surface area contributed by atoms with Gasteiger partial charge in [-0.05, 0) is 49.7 Å². The van der Waals surface area contributed by atoms with E-state index in [2.05, 4.69) is 10.3 Å². The Balaban J connectivity index is 1.68. The second-order valence-corrected chi connectivity index (χ2v) is 6.46. The van der Waals surface area contributed by atoms with E-state index >= 15 is 0 Å². The number of hydrogen-bond acceptors (Lipinski definition) is 5. The van der Waals surface area contributed by atoms with Crippen LogP contribution in [0.2, 0.25) is 0 Å². The Kier molecular flexibility index (Phi) is 6.49. The third-order valence-corrected chi connectivity index (χ3v) is 4.66. The smallest absolute Gasteiger partial charge is 0.253 e. The van der Waals surface area contributed by atoms with Gasteiger partial charge in [0.15, 0.2) is 0 Å². The van der Waals surface area contributed by atoms with Crippen molar-refractivity contribution in [3.63, 3.8) is 0 Å². The second-order valence-electron chi connectivity index (χ2n) is 6.46. The Hall–Kier alpha value is -3.35. The molecule has 0 aromatic heterocycles. The molecule has 0 bridgehead atoms. The average molecular weight is 396 g/mol. The van der Waals surface area contributed by atoms with Gasteiger partial charge in [-0.3, -0.25) is 9.59 Å². The lowest BCUT2D eigenvalue weighted by Gasteiger charge is -2.15. The first-order valence-electron chi connectivity index (χ1n) is 9.43. The monoisotopic (exact) mass is 396 g/mol. The summed E-state index contributed by atoms with van der Waals surface area (Å²) in [6.07, 6.45) is 2.26. The number of nitrogens with zero attached hydrogens (tertiary/aromatic N) is 1. The molecule has 1 aliphatic rings. The van der Waals surface area contributed by atoms with Gasteiger partial charge in [0.05, 0.1) is 26.7 Å². The van der Waals surface area contributed by atoms with Crippen molar-refractivity contribution in [2.45, 2.75) is 13.3 Å². The molecule has 0 aliphatic carbocycles. The molecule has 152 valence electrons. The second kappa shape index (κ2) is 9.23. The quantitative estimate of drug-likeness (QED) is 0.731. The Morgan fingerprint density at radius 2 is 1.76 bits per heavy atom. The zero-order chi connectivity index (χ0) is 20.8. The van der Waals surface area contributed by atoms with Crippen LogP contribution in [0, 0.1) is 5.92 Å². The molecule has 3 rings (SSSR count). The van der Waals surface area contributed by atoms with Gasteiger partial charge >= 0.3 is 0 Å². The van der Waals surface area contributed by atoms with E-state index < -0.39 is 5.92 Å². The number of nitrogens with one attached hydrogen (secondary N) is 1. The van der Waals surface area contributed by atoms with Crippen LogP contribution in [0.4, 0.5) is 0 Å². The Bertz CT molecular complexity index is 1010. The number of carbonyl (C=O) groups excluding carboxylic acids is 2. The number of methoxy groups -OCH3 is 2. The van der Waals surface area contributed by atoms with Crippen molar-refractivity contribution in [1.29, 1.82) is 0 Å². The molecule has 2 amide bonds. The molecule has 29 heavy (non-hydrogen) atoms. The maximum Gasteiger partial charge on any atom is 0.253 e. The number of benzene rings is 2. The van der Waals surface area contributed by atoms with Crippen LogP contribution in [0.25, 0.3) is 6.08 Å². The topological polar surface area (TPSA) is 86.2 Å². The van der Waals surface area contributed by atoms with Gasteiger partial charge < -0.3 is 19.5 Å². The van der Waals surface area contributed by atoms with E-state index in [4.69, 9.17) is 14.2 Å². The molecule has 0 saturated heterocycles. The minimum absolute atomic E-state index is 0.201. The van der Waals surface area contributed by atoms with E-state index in [1.807, 2.05) is 13.0 Å². The summed E-state index contributed by atoms with van der Waals surface area (Å²) in [5.41, 5.74) is 0.536. The molecular formula is C22H24N2O5. The molecule has 1 N–H and O–H groups in total. The predicted molar refractivity (Wildman–Crippen MR) is 108 cm³/mol. The zero-order valence-electron chi connectivity index (χ0n) is 16.7. The lowest BCUT2D eigenvalue weighted by Crippen LogP contribution is -2.37. The molecule has 0 spiro atoms. The van der Waals surface area contributed by atoms with Gasteiger partial charge in [0.1, 0.15) is 22.6 Å². The van der Waals surface area contributed by atoms with Crippen molar-refractivity contribution in [2.24, 2.45) is 10.9 Å². The number of hydrogen-bond donors (Lipinski definition) is 1. The number of ether oxygens (including phenoxy) is 3. The van der Waals surface area contributed by atoms with Crippen molar-refractivity contribution in [3.05, 3.63) is 52.5 Å². The molecular weight excluding hydrogens is 372 g/mol. The maximum atomic E-state index is 12.4. The first kappa shape index (κ1) is 20.4. The molecule has 1 atom stereocenters. The highest BCUT2D eigenvalue weighted by molar-refractivity contribution is 5.94. The zero-order valence-corrected chi connectivity index (χ0v) is 16.7. The summed E-state index contributed by atoms with van der Waals surface area (Å²) in [6.45, 7) is 2.82. The van der Waals surface area contributed by atoms with Crippen LogP contribution in [-0.4, -0.2) is 39.2 Å². The minimum Gasteiger partial charge on any atom is -0.496 e. The molecule has 1 aliphatic heterocycles. The normalized spacial score (nSPS) is 14.9. The van der Waals surface area contributed by atoms with Crippen molar-refractivity contribution < 1.29 is 23.8 Å². The van der Waals surface area contributed by atoms with E-state index in [9.17, 15) is 9.59 Å². The SMILES string of the molecule is CCOc1ccc(C(=O)NCCC2C=c3c(OC)ccc(OC)c3=NC2=O)cc1. The average Bonchev–Trinajstić information content (AvgIpc) is 2.74. The lowest BCUT2D eigenvalue weighted by atomic mass is 9.99. The molecule has 0 radical (unpaired) electrons. The van der Waals surface area contributed by atoms with E-state index in [1.165, 1.54) is 7.11 Å². The third kappa shape index (κ3) is 4.56. The number of amides is 2. The molecule has 7 heteroatoms. The van der Waals surface area contributed by atoms with Gasteiger partial charge in [0, 0.05) is 17.3 Å². The fourth-order valence-corrected chi connectivity index (χ4v) is 3.17. The van der Waals surface area contributed by atoms with Crippen LogP contribution in [0.3, 0.4) is 0 Å². The molecule has 0 fully saturated rings. The molecule has 7 nitrogen and oxygen atoms in total. The highest BCUT2D eigenvalue weighted by atomic mass is 16.5. The molecule has 0 saturated carbocycles. The summed E-state index contributed by atoms with van der Waals surface area (Å²) in [7, 11) is 3.10. The fourth-order valence-electron chi connectivity index (χ4n) is 3.17. The van der Waals surface area contributed by atoms with E-state index in [0.717, 1.165) is 11.0 Å². The predicted octanol–water partition coefficient (Wildman–Crippen LogP) is 1.48. The highest BCUT2D eigenvalue weighted by Crippen LogP contribution is 2.15. The molecule has 2 aromatic rings. The fraction of sp³-hybridized carbons (Fsp3) is 0.318. The maximum absolute atomic E-state index is 12.4. The van der Waals surface area contributed by atoms with Crippen LogP contribution < -0.4 is 30.1 Å². The molecule has 1 heterocycles. The van der Waals surface area contributed by atoms with Crippen molar-refractivity contribution in [2.75, 3.05) is 27.4 Å². The van der Waals surface area contributed by atoms with E-state index in [1.54, 1.807) is 43.5 Å². The van der Waals surface area contributed by atoms with Gasteiger partial charge in [-0.25, -0.2) is 4.99 Å². The lowest BCUT2D eigenvalue weighted by molar-refractivity contribution is -0.120. The van der Waals surface area contributed by atoms with E-state index in [0.29, 0.717) is 42.0 Å². The Morgan fingerprint density at radius 1 is 1.07 bits per heavy atom. The van der Waals surface area contributed by atoms with Crippen LogP contribution >= 0.6 is 0 Å². The van der Waals surface area contributed by atoms with Gasteiger partial charge in [-0.1, -0.05) is 6.08 Å². The Labute approximate surface area is 169 Å². The number of fused-ring (bicyclic) bond motifs is 1. The standard InChI is InChI=1S/C22H24N2O5/c1-4-29-16-7-5-14(6-8-16)21(25)23-12-11-15-13-17-18(27-2)9-10-19(28-3)20(17)24-22(15)26/h5-10,13,15H,4,11-12H2,1-3H3,(H,23,25). The minimum atomic E-state index is -0.441. The molecule has 2 aromatic carbocycles. The van der Waals surface area contributed by atoms with E-state index in [-0.39, 0.29) is 11.8 Å². The summed E-state index contributed by atoms with van der Waals surface area (Å²) in [6, 6.07) is 10.4. The van der Waals surface area contributed by atoms with Crippen molar-refractivity contribution in [1.82, 2.24) is 5.32 Å². The van der Waals surface area contributed by atoms with Gasteiger partial charge in [0.25, 0.3) is 11.8 Å².